The first kappa shape index (κ1) is 21.6. The standard InChI is InChI=1S/C25H24ClNO3S/c1-14-10-17(15(2)27-14)4-5-20(29)6-7-21-12-19-11-18(13-22(26)25(19)30-21)24-9-8-23(31-24)16(3)28/h4-5,8-11,13,21,27H,6-7,12H2,1-3H3/b5-4+. The van der Waals surface area contributed by atoms with Gasteiger partial charge >= 0.3 is 0 Å². The van der Waals surface area contributed by atoms with E-state index >= 15 is 0 Å². The monoisotopic (exact) mass is 453 g/mol. The van der Waals surface area contributed by atoms with Crippen LogP contribution in [0.1, 0.15) is 52.0 Å². The van der Waals surface area contributed by atoms with Crippen LogP contribution in [0, 0.1) is 13.8 Å². The molecule has 4 rings (SSSR count). The van der Waals surface area contributed by atoms with E-state index in [1.807, 2.05) is 44.2 Å². The highest BCUT2D eigenvalue weighted by molar-refractivity contribution is 7.17. The average Bonchev–Trinajstić information content (AvgIpc) is 3.43. The van der Waals surface area contributed by atoms with Gasteiger partial charge in [-0.25, -0.2) is 0 Å². The van der Waals surface area contributed by atoms with Gasteiger partial charge in [-0.15, -0.1) is 11.3 Å². The van der Waals surface area contributed by atoms with Crippen LogP contribution in [-0.2, 0) is 11.2 Å². The number of aromatic nitrogens is 1. The molecule has 31 heavy (non-hydrogen) atoms. The number of Topliss-reactive ketones (excluding diaryl/α,β-unsaturated/α-hetero) is 1. The molecule has 0 aliphatic carbocycles. The third-order valence-corrected chi connectivity index (χ3v) is 6.96. The number of nitrogens with one attached hydrogen (secondary N) is 1. The maximum atomic E-state index is 12.3. The topological polar surface area (TPSA) is 59.2 Å². The van der Waals surface area contributed by atoms with Gasteiger partial charge in [0.25, 0.3) is 0 Å². The van der Waals surface area contributed by atoms with E-state index in [0.29, 0.717) is 23.6 Å². The number of hydrogen-bond acceptors (Lipinski definition) is 4. The number of carbonyl (C=O) groups excluding carboxylic acids is 2. The Balaban J connectivity index is 1.39. The lowest BCUT2D eigenvalue weighted by Crippen LogP contribution is -2.14. The highest BCUT2D eigenvalue weighted by Crippen LogP contribution is 2.41. The van der Waals surface area contributed by atoms with Crippen LogP contribution in [0.25, 0.3) is 16.5 Å². The molecule has 160 valence electrons. The number of rotatable bonds is 7. The van der Waals surface area contributed by atoms with E-state index in [0.717, 1.165) is 44.3 Å². The lowest BCUT2D eigenvalue weighted by atomic mass is 10.0. The number of thiophene rings is 1. The molecule has 0 saturated carbocycles. The van der Waals surface area contributed by atoms with Crippen LogP contribution < -0.4 is 4.74 Å². The smallest absolute Gasteiger partial charge is 0.169 e. The van der Waals surface area contributed by atoms with Crippen LogP contribution >= 0.6 is 22.9 Å². The van der Waals surface area contributed by atoms with Crippen molar-refractivity contribution in [1.82, 2.24) is 4.98 Å². The van der Waals surface area contributed by atoms with Crippen molar-refractivity contribution in [2.45, 2.75) is 46.1 Å². The van der Waals surface area contributed by atoms with E-state index in [1.165, 1.54) is 11.3 Å². The Morgan fingerprint density at radius 2 is 2.06 bits per heavy atom. The molecule has 1 aliphatic rings. The van der Waals surface area contributed by atoms with Gasteiger partial charge in [-0.3, -0.25) is 9.59 Å². The van der Waals surface area contributed by atoms with Gasteiger partial charge in [0.15, 0.2) is 11.6 Å². The summed E-state index contributed by atoms with van der Waals surface area (Å²) in [4.78, 5) is 28.9. The summed E-state index contributed by atoms with van der Waals surface area (Å²) in [6.07, 6.45) is 5.24. The maximum absolute atomic E-state index is 12.3. The predicted molar refractivity (Wildman–Crippen MR) is 126 cm³/mol. The molecule has 0 amide bonds. The van der Waals surface area contributed by atoms with E-state index in [2.05, 4.69) is 11.1 Å². The number of hydrogen-bond donors (Lipinski definition) is 1. The number of carbonyl (C=O) groups is 2. The summed E-state index contributed by atoms with van der Waals surface area (Å²) in [6.45, 7) is 5.56. The van der Waals surface area contributed by atoms with Crippen molar-refractivity contribution < 1.29 is 14.3 Å². The fourth-order valence-electron chi connectivity index (χ4n) is 3.86. The highest BCUT2D eigenvalue weighted by atomic mass is 35.5. The first-order valence-electron chi connectivity index (χ1n) is 10.3. The molecule has 1 unspecified atom stereocenters. The predicted octanol–water partition coefficient (Wildman–Crippen LogP) is 6.58. The van der Waals surface area contributed by atoms with Crippen molar-refractivity contribution in [2.24, 2.45) is 0 Å². The molecular formula is C25H24ClNO3S. The normalized spacial score (nSPS) is 15.3. The summed E-state index contributed by atoms with van der Waals surface area (Å²) in [5.74, 6) is 0.854. The lowest BCUT2D eigenvalue weighted by molar-refractivity contribution is -0.114. The highest BCUT2D eigenvalue weighted by Gasteiger charge is 2.26. The number of halogens is 1. The zero-order valence-corrected chi connectivity index (χ0v) is 19.3. The van der Waals surface area contributed by atoms with Crippen LogP contribution in [0.4, 0.5) is 0 Å². The Morgan fingerprint density at radius 3 is 2.74 bits per heavy atom. The molecule has 3 aromatic rings. The third kappa shape index (κ3) is 4.83. The summed E-state index contributed by atoms with van der Waals surface area (Å²) in [5, 5.41) is 0.567. The number of allylic oxidation sites excluding steroid dienone is 1. The lowest BCUT2D eigenvalue weighted by Gasteiger charge is -2.10. The van der Waals surface area contributed by atoms with Gasteiger partial charge in [0.05, 0.1) is 9.90 Å². The second kappa shape index (κ2) is 8.85. The van der Waals surface area contributed by atoms with Crippen molar-refractivity contribution in [3.8, 4) is 16.2 Å². The molecule has 0 bridgehead atoms. The summed E-state index contributed by atoms with van der Waals surface area (Å²) in [6, 6.07) is 9.79. The number of aryl methyl sites for hydroxylation is 2. The van der Waals surface area contributed by atoms with Gasteiger partial charge in [0.2, 0.25) is 0 Å². The maximum Gasteiger partial charge on any atom is 0.169 e. The molecule has 3 heterocycles. The molecule has 1 N–H and O–H groups in total. The zero-order chi connectivity index (χ0) is 22.1. The van der Waals surface area contributed by atoms with Gasteiger partial charge in [0, 0.05) is 34.7 Å². The fraction of sp³-hybridized carbons (Fsp3) is 0.280. The summed E-state index contributed by atoms with van der Waals surface area (Å²) in [7, 11) is 0. The number of fused-ring (bicyclic) bond motifs is 1. The second-order valence-electron chi connectivity index (χ2n) is 7.98. The van der Waals surface area contributed by atoms with Crippen molar-refractivity contribution in [1.29, 1.82) is 0 Å². The quantitative estimate of drug-likeness (QED) is 0.324. The van der Waals surface area contributed by atoms with Gasteiger partial charge < -0.3 is 9.72 Å². The number of benzene rings is 1. The van der Waals surface area contributed by atoms with E-state index in [4.69, 9.17) is 16.3 Å². The third-order valence-electron chi connectivity index (χ3n) is 5.44. The van der Waals surface area contributed by atoms with Gasteiger partial charge in [0.1, 0.15) is 11.9 Å². The van der Waals surface area contributed by atoms with Crippen molar-refractivity contribution in [3.63, 3.8) is 0 Å². The molecule has 1 aromatic carbocycles. The van der Waals surface area contributed by atoms with Crippen LogP contribution in [0.3, 0.4) is 0 Å². The van der Waals surface area contributed by atoms with Crippen LogP contribution in [0.5, 0.6) is 5.75 Å². The number of ketones is 2. The van der Waals surface area contributed by atoms with Crippen molar-refractivity contribution in [2.75, 3.05) is 0 Å². The SMILES string of the molecule is CC(=O)c1ccc(-c2cc(Cl)c3c(c2)CC(CCC(=O)/C=C/c2cc(C)[nH]c2C)O3)s1. The van der Waals surface area contributed by atoms with Crippen molar-refractivity contribution in [3.05, 3.63) is 68.8 Å². The minimum Gasteiger partial charge on any atom is -0.488 e. The average molecular weight is 454 g/mol. The van der Waals surface area contributed by atoms with Crippen LogP contribution in [-0.4, -0.2) is 22.7 Å². The van der Waals surface area contributed by atoms with E-state index in [-0.39, 0.29) is 17.7 Å². The van der Waals surface area contributed by atoms with Gasteiger partial charge in [-0.05, 0) is 80.8 Å². The Labute approximate surface area is 190 Å². The van der Waals surface area contributed by atoms with Gasteiger partial charge in [-0.1, -0.05) is 11.6 Å². The summed E-state index contributed by atoms with van der Waals surface area (Å²) >= 11 is 7.95. The molecule has 0 spiro atoms. The van der Waals surface area contributed by atoms with E-state index in [9.17, 15) is 9.59 Å². The van der Waals surface area contributed by atoms with Gasteiger partial charge in [-0.2, -0.15) is 0 Å². The molecule has 1 aliphatic heterocycles. The number of H-pyrrole nitrogens is 1. The van der Waals surface area contributed by atoms with E-state index in [1.54, 1.807) is 13.0 Å². The van der Waals surface area contributed by atoms with Crippen LogP contribution in [0.2, 0.25) is 5.02 Å². The molecular weight excluding hydrogens is 430 g/mol. The Hall–Kier alpha value is -2.63. The summed E-state index contributed by atoms with van der Waals surface area (Å²) < 4.78 is 6.04. The second-order valence-corrected chi connectivity index (χ2v) is 9.47. The number of aromatic amines is 1. The molecule has 1 atom stereocenters. The molecule has 0 fully saturated rings. The van der Waals surface area contributed by atoms with Crippen molar-refractivity contribution >= 4 is 40.6 Å². The Kier molecular flexibility index (Phi) is 6.17. The molecule has 4 nitrogen and oxygen atoms in total. The Morgan fingerprint density at radius 1 is 1.26 bits per heavy atom. The molecule has 0 saturated heterocycles. The molecule has 6 heteroatoms. The largest absolute Gasteiger partial charge is 0.488 e. The zero-order valence-electron chi connectivity index (χ0n) is 17.8. The van der Waals surface area contributed by atoms with Crippen LogP contribution in [0.15, 0.2) is 36.4 Å². The summed E-state index contributed by atoms with van der Waals surface area (Å²) in [5.41, 5.74) is 5.21. The molecule has 2 aromatic heterocycles. The Bertz CT molecular complexity index is 1190. The number of ether oxygens (including phenoxy) is 1. The first-order chi connectivity index (χ1) is 14.8. The minimum absolute atomic E-state index is 0.0624. The first-order valence-corrected chi connectivity index (χ1v) is 11.5. The minimum atomic E-state index is -0.0625. The fourth-order valence-corrected chi connectivity index (χ4v) is 5.03. The molecule has 0 radical (unpaired) electrons. The van der Waals surface area contributed by atoms with E-state index < -0.39 is 0 Å².